The molecule has 23 heavy (non-hydrogen) atoms. The van der Waals surface area contributed by atoms with Gasteiger partial charge in [0.1, 0.15) is 11.4 Å². The van der Waals surface area contributed by atoms with Gasteiger partial charge in [-0.3, -0.25) is 9.69 Å². The van der Waals surface area contributed by atoms with Crippen molar-refractivity contribution in [2.45, 2.75) is 44.7 Å². The highest BCUT2D eigenvalue weighted by Gasteiger charge is 2.50. The zero-order valence-electron chi connectivity index (χ0n) is 13.7. The minimum absolute atomic E-state index is 0.0128. The molecule has 2 fully saturated rings. The summed E-state index contributed by atoms with van der Waals surface area (Å²) in [5, 5.41) is 9.19. The van der Waals surface area contributed by atoms with Gasteiger partial charge in [0.2, 0.25) is 5.91 Å². The van der Waals surface area contributed by atoms with Gasteiger partial charge in [0.15, 0.2) is 0 Å². The van der Waals surface area contributed by atoms with Crippen LogP contribution in [0.3, 0.4) is 0 Å². The Morgan fingerprint density at radius 1 is 1.26 bits per heavy atom. The molecule has 2 aliphatic heterocycles. The zero-order valence-corrected chi connectivity index (χ0v) is 13.7. The largest absolute Gasteiger partial charge is 0.395 e. The Balaban J connectivity index is 1.82. The van der Waals surface area contributed by atoms with Crippen molar-refractivity contribution in [2.24, 2.45) is 0 Å². The SMILES string of the molecule is Cc1cc(F)ccc1CN1CCCC12CCCN(CCO)C2=O. The van der Waals surface area contributed by atoms with Crippen molar-refractivity contribution in [1.29, 1.82) is 0 Å². The number of aryl methyl sites for hydroxylation is 1. The topological polar surface area (TPSA) is 43.8 Å². The highest BCUT2D eigenvalue weighted by Crippen LogP contribution is 2.39. The summed E-state index contributed by atoms with van der Waals surface area (Å²) in [6, 6.07) is 4.88. The highest BCUT2D eigenvalue weighted by atomic mass is 19.1. The maximum Gasteiger partial charge on any atom is 0.243 e. The van der Waals surface area contributed by atoms with Crippen LogP contribution in [0.5, 0.6) is 0 Å². The summed E-state index contributed by atoms with van der Waals surface area (Å²) in [6.07, 6.45) is 3.76. The molecule has 4 nitrogen and oxygen atoms in total. The van der Waals surface area contributed by atoms with E-state index in [0.29, 0.717) is 13.1 Å². The smallest absolute Gasteiger partial charge is 0.243 e. The van der Waals surface area contributed by atoms with Crippen LogP contribution in [0.25, 0.3) is 0 Å². The maximum absolute atomic E-state index is 13.3. The number of carbonyl (C=O) groups is 1. The molecule has 3 rings (SSSR count). The fraction of sp³-hybridized carbons (Fsp3) is 0.611. The van der Waals surface area contributed by atoms with E-state index in [9.17, 15) is 14.3 Å². The van der Waals surface area contributed by atoms with E-state index in [2.05, 4.69) is 4.90 Å². The lowest BCUT2D eigenvalue weighted by Gasteiger charge is -2.44. The highest BCUT2D eigenvalue weighted by molar-refractivity contribution is 5.87. The molecule has 126 valence electrons. The molecule has 1 unspecified atom stereocenters. The minimum atomic E-state index is -0.422. The molecule has 2 heterocycles. The summed E-state index contributed by atoms with van der Waals surface area (Å²) in [5.41, 5.74) is 1.59. The molecule has 1 atom stereocenters. The predicted octanol–water partition coefficient (Wildman–Crippen LogP) is 2.08. The second kappa shape index (κ2) is 6.57. The van der Waals surface area contributed by atoms with Crippen LogP contribution < -0.4 is 0 Å². The van der Waals surface area contributed by atoms with Crippen LogP contribution >= 0.6 is 0 Å². The molecular formula is C18H25FN2O2. The van der Waals surface area contributed by atoms with E-state index in [1.54, 1.807) is 11.0 Å². The van der Waals surface area contributed by atoms with E-state index in [0.717, 1.165) is 49.9 Å². The molecule has 1 aromatic carbocycles. The first-order valence-electron chi connectivity index (χ1n) is 8.47. The van der Waals surface area contributed by atoms with Gasteiger partial charge in [-0.05, 0) is 62.4 Å². The van der Waals surface area contributed by atoms with Crippen molar-refractivity contribution in [2.75, 3.05) is 26.2 Å². The summed E-state index contributed by atoms with van der Waals surface area (Å²) < 4.78 is 13.3. The van der Waals surface area contributed by atoms with Crippen LogP contribution in [-0.2, 0) is 11.3 Å². The number of likely N-dealkylation sites (tertiary alicyclic amines) is 2. The third kappa shape index (κ3) is 3.00. The van der Waals surface area contributed by atoms with Crippen molar-refractivity contribution >= 4 is 5.91 Å². The summed E-state index contributed by atoms with van der Waals surface area (Å²) in [7, 11) is 0. The van der Waals surface area contributed by atoms with Gasteiger partial charge in [0, 0.05) is 19.6 Å². The Kier molecular flexibility index (Phi) is 4.69. The summed E-state index contributed by atoms with van der Waals surface area (Å²) >= 11 is 0. The number of carbonyl (C=O) groups excluding carboxylic acids is 1. The van der Waals surface area contributed by atoms with Crippen LogP contribution in [0, 0.1) is 12.7 Å². The van der Waals surface area contributed by atoms with E-state index in [1.807, 2.05) is 13.0 Å². The number of nitrogens with zero attached hydrogens (tertiary/aromatic N) is 2. The molecule has 1 aromatic rings. The number of aliphatic hydroxyl groups excluding tert-OH is 1. The normalized spacial score (nSPS) is 25.5. The van der Waals surface area contributed by atoms with Gasteiger partial charge in [-0.2, -0.15) is 0 Å². The van der Waals surface area contributed by atoms with Crippen LogP contribution in [0.4, 0.5) is 4.39 Å². The molecule has 0 aromatic heterocycles. The third-order valence-corrected chi connectivity index (χ3v) is 5.36. The van der Waals surface area contributed by atoms with Gasteiger partial charge in [-0.15, -0.1) is 0 Å². The minimum Gasteiger partial charge on any atom is -0.395 e. The first kappa shape index (κ1) is 16.4. The molecule has 0 radical (unpaired) electrons. The lowest BCUT2D eigenvalue weighted by Crippen LogP contribution is -2.60. The first-order chi connectivity index (χ1) is 11.1. The van der Waals surface area contributed by atoms with Crippen LogP contribution in [0.15, 0.2) is 18.2 Å². The third-order valence-electron chi connectivity index (χ3n) is 5.36. The quantitative estimate of drug-likeness (QED) is 0.924. The Hall–Kier alpha value is -1.46. The number of amides is 1. The fourth-order valence-corrected chi connectivity index (χ4v) is 4.13. The van der Waals surface area contributed by atoms with E-state index >= 15 is 0 Å². The number of piperidine rings is 1. The van der Waals surface area contributed by atoms with E-state index in [1.165, 1.54) is 6.07 Å². The molecular weight excluding hydrogens is 295 g/mol. The number of halogens is 1. The number of hydrogen-bond acceptors (Lipinski definition) is 3. The van der Waals surface area contributed by atoms with E-state index in [4.69, 9.17) is 0 Å². The van der Waals surface area contributed by atoms with Gasteiger partial charge in [-0.1, -0.05) is 6.07 Å². The van der Waals surface area contributed by atoms with Gasteiger partial charge >= 0.3 is 0 Å². The number of hydrogen-bond donors (Lipinski definition) is 1. The average molecular weight is 320 g/mol. The van der Waals surface area contributed by atoms with Gasteiger partial charge in [0.25, 0.3) is 0 Å². The fourth-order valence-electron chi connectivity index (χ4n) is 4.13. The lowest BCUT2D eigenvalue weighted by molar-refractivity contribution is -0.148. The van der Waals surface area contributed by atoms with Crippen molar-refractivity contribution in [1.82, 2.24) is 9.80 Å². The Morgan fingerprint density at radius 2 is 2.00 bits per heavy atom. The lowest BCUT2D eigenvalue weighted by atomic mass is 9.85. The van der Waals surface area contributed by atoms with Crippen LogP contribution in [0.1, 0.15) is 36.8 Å². The van der Waals surface area contributed by atoms with E-state index < -0.39 is 5.54 Å². The second-order valence-electron chi connectivity index (χ2n) is 6.75. The monoisotopic (exact) mass is 320 g/mol. The van der Waals surface area contributed by atoms with E-state index in [-0.39, 0.29) is 18.3 Å². The molecule has 1 amide bonds. The molecule has 0 saturated carbocycles. The summed E-state index contributed by atoms with van der Waals surface area (Å²) in [6.45, 7) is 4.68. The van der Waals surface area contributed by atoms with Gasteiger partial charge < -0.3 is 10.0 Å². The summed E-state index contributed by atoms with van der Waals surface area (Å²) in [5.74, 6) is -0.0553. The summed E-state index contributed by atoms with van der Waals surface area (Å²) in [4.78, 5) is 17.1. The maximum atomic E-state index is 13.3. The van der Waals surface area contributed by atoms with Crippen molar-refractivity contribution < 1.29 is 14.3 Å². The zero-order chi connectivity index (χ0) is 16.4. The Labute approximate surface area is 136 Å². The Bertz CT molecular complexity index is 590. The van der Waals surface area contributed by atoms with Crippen molar-refractivity contribution in [3.05, 3.63) is 35.1 Å². The van der Waals surface area contributed by atoms with Crippen LogP contribution in [0.2, 0.25) is 0 Å². The molecule has 0 bridgehead atoms. The number of aliphatic hydroxyl groups is 1. The predicted molar refractivity (Wildman–Crippen MR) is 86.4 cm³/mol. The van der Waals surface area contributed by atoms with Crippen molar-refractivity contribution in [3.8, 4) is 0 Å². The first-order valence-corrected chi connectivity index (χ1v) is 8.47. The van der Waals surface area contributed by atoms with Gasteiger partial charge in [0.05, 0.1) is 6.61 Å². The average Bonchev–Trinajstić information content (AvgIpc) is 2.91. The molecule has 0 aliphatic carbocycles. The Morgan fingerprint density at radius 3 is 2.70 bits per heavy atom. The molecule has 1 spiro atoms. The molecule has 2 aliphatic rings. The number of β-amino-alcohol motifs (C(OH)–C–C–N with tert-alkyl or cyclic N) is 1. The molecule has 2 saturated heterocycles. The molecule has 5 heteroatoms. The number of rotatable bonds is 4. The van der Waals surface area contributed by atoms with Crippen molar-refractivity contribution in [3.63, 3.8) is 0 Å². The van der Waals surface area contributed by atoms with Crippen LogP contribution in [-0.4, -0.2) is 52.6 Å². The second-order valence-corrected chi connectivity index (χ2v) is 6.75. The molecule has 1 N–H and O–H groups in total. The van der Waals surface area contributed by atoms with Gasteiger partial charge in [-0.25, -0.2) is 4.39 Å². The standard InChI is InChI=1S/C18H25FN2O2/c1-14-12-16(19)5-4-15(14)13-21-9-3-7-18(21)6-2-8-20(10-11-22)17(18)23/h4-5,12,22H,2-3,6-11,13H2,1H3. The number of benzene rings is 1.